The van der Waals surface area contributed by atoms with Gasteiger partial charge in [0.25, 0.3) is 0 Å². The highest BCUT2D eigenvalue weighted by molar-refractivity contribution is 7.10. The van der Waals surface area contributed by atoms with Crippen molar-refractivity contribution in [2.75, 3.05) is 52.9 Å². The van der Waals surface area contributed by atoms with Gasteiger partial charge in [0.1, 0.15) is 6.54 Å². The summed E-state index contributed by atoms with van der Waals surface area (Å²) in [5.74, 6) is 1.18. The number of thiophene rings is 1. The van der Waals surface area contributed by atoms with Crippen LogP contribution in [-0.2, 0) is 22.5 Å². The molecule has 1 heterocycles. The Kier molecular flexibility index (Phi) is 11.2. The van der Waals surface area contributed by atoms with E-state index in [-0.39, 0.29) is 18.5 Å². The molecular formula is C30H39N3O5S. The van der Waals surface area contributed by atoms with Crippen LogP contribution in [0.2, 0.25) is 0 Å². The van der Waals surface area contributed by atoms with Gasteiger partial charge in [0, 0.05) is 30.8 Å². The second-order valence-electron chi connectivity index (χ2n) is 9.39. The third kappa shape index (κ3) is 8.21. The van der Waals surface area contributed by atoms with Gasteiger partial charge in [-0.3, -0.25) is 4.79 Å². The maximum absolute atomic E-state index is 13.7. The lowest BCUT2D eigenvalue weighted by atomic mass is 10.1. The first kappa shape index (κ1) is 30.0. The zero-order valence-electron chi connectivity index (χ0n) is 23.7. The Morgan fingerprint density at radius 1 is 0.872 bits per heavy atom. The van der Waals surface area contributed by atoms with Crippen molar-refractivity contribution in [1.29, 1.82) is 0 Å². The second kappa shape index (κ2) is 14.6. The van der Waals surface area contributed by atoms with E-state index in [0.717, 1.165) is 32.8 Å². The van der Waals surface area contributed by atoms with Crippen molar-refractivity contribution in [3.8, 4) is 11.5 Å². The number of carbonyl (C=O) groups is 2. The van der Waals surface area contributed by atoms with Crippen LogP contribution in [0.1, 0.15) is 27.1 Å². The summed E-state index contributed by atoms with van der Waals surface area (Å²) in [6.45, 7) is 7.47. The molecule has 0 saturated carbocycles. The lowest BCUT2D eigenvalue weighted by molar-refractivity contribution is -0.132. The van der Waals surface area contributed by atoms with Crippen LogP contribution in [0.25, 0.3) is 0 Å². The second-order valence-corrected chi connectivity index (χ2v) is 10.4. The van der Waals surface area contributed by atoms with Gasteiger partial charge >= 0.3 is 6.03 Å². The molecule has 0 saturated heterocycles. The first-order chi connectivity index (χ1) is 18.8. The van der Waals surface area contributed by atoms with Crippen molar-refractivity contribution in [2.24, 2.45) is 0 Å². The summed E-state index contributed by atoms with van der Waals surface area (Å²) in [6.07, 6.45) is 0.628. The van der Waals surface area contributed by atoms with E-state index in [1.165, 1.54) is 4.90 Å². The number of amides is 3. The number of nitrogens with one attached hydrogen (secondary N) is 1. The molecule has 0 aliphatic heterocycles. The molecule has 8 nitrogen and oxygen atoms in total. The van der Waals surface area contributed by atoms with E-state index >= 15 is 0 Å². The van der Waals surface area contributed by atoms with Crippen molar-refractivity contribution in [3.63, 3.8) is 0 Å². The monoisotopic (exact) mass is 553 g/mol. The summed E-state index contributed by atoms with van der Waals surface area (Å²) < 4.78 is 16.0. The van der Waals surface area contributed by atoms with Crippen LogP contribution in [0.3, 0.4) is 0 Å². The highest BCUT2D eigenvalue weighted by atomic mass is 32.1. The van der Waals surface area contributed by atoms with Crippen molar-refractivity contribution < 1.29 is 23.8 Å². The fourth-order valence-corrected chi connectivity index (χ4v) is 5.17. The number of ether oxygens (including phenoxy) is 3. The number of urea groups is 1. The molecule has 0 aliphatic carbocycles. The van der Waals surface area contributed by atoms with Gasteiger partial charge in [-0.1, -0.05) is 24.3 Å². The number of hydrogen-bond acceptors (Lipinski definition) is 6. The van der Waals surface area contributed by atoms with E-state index in [9.17, 15) is 9.59 Å². The SMILES string of the molecule is COCCN(CC(=O)N(CCc1ccc(OC)c(OC)c1)Cc1sccc1C)C(=O)Nc1c(C)cccc1C. The van der Waals surface area contributed by atoms with Crippen molar-refractivity contribution in [1.82, 2.24) is 9.80 Å². The summed E-state index contributed by atoms with van der Waals surface area (Å²) in [4.78, 5) is 31.5. The van der Waals surface area contributed by atoms with Crippen LogP contribution in [0.15, 0.2) is 47.8 Å². The largest absolute Gasteiger partial charge is 0.493 e. The first-order valence-corrected chi connectivity index (χ1v) is 13.8. The molecule has 210 valence electrons. The molecular weight excluding hydrogens is 514 g/mol. The minimum Gasteiger partial charge on any atom is -0.493 e. The topological polar surface area (TPSA) is 80.3 Å². The average Bonchev–Trinajstić information content (AvgIpc) is 3.34. The third-order valence-corrected chi connectivity index (χ3v) is 7.67. The average molecular weight is 554 g/mol. The van der Waals surface area contributed by atoms with Gasteiger partial charge in [0.15, 0.2) is 11.5 Å². The predicted molar refractivity (Wildman–Crippen MR) is 156 cm³/mol. The standard InChI is InChI=1S/C30H39N3O5S/c1-21-13-17-39-27(21)19-32(14-12-24-10-11-25(37-5)26(18-24)38-6)28(34)20-33(15-16-36-4)30(35)31-29-22(2)8-7-9-23(29)3/h7-11,13,17-18H,12,14-16,19-20H2,1-6H3,(H,31,35). The third-order valence-electron chi connectivity index (χ3n) is 6.67. The zero-order valence-corrected chi connectivity index (χ0v) is 24.5. The van der Waals surface area contributed by atoms with Crippen LogP contribution < -0.4 is 14.8 Å². The minimum absolute atomic E-state index is 0.0590. The van der Waals surface area contributed by atoms with Crippen LogP contribution in [0, 0.1) is 20.8 Å². The van der Waals surface area contributed by atoms with Gasteiger partial charge in [0.2, 0.25) is 5.91 Å². The van der Waals surface area contributed by atoms with Crippen LogP contribution >= 0.6 is 11.3 Å². The molecule has 1 aromatic heterocycles. The van der Waals surface area contributed by atoms with Gasteiger partial charge in [-0.25, -0.2) is 4.79 Å². The summed E-state index contributed by atoms with van der Waals surface area (Å²) >= 11 is 1.63. The lowest BCUT2D eigenvalue weighted by Gasteiger charge is -2.28. The molecule has 9 heteroatoms. The number of nitrogens with zero attached hydrogens (tertiary/aromatic N) is 2. The van der Waals surface area contributed by atoms with E-state index in [2.05, 4.69) is 11.4 Å². The Bertz CT molecular complexity index is 1240. The number of methoxy groups -OCH3 is 3. The molecule has 1 N–H and O–H groups in total. The number of para-hydroxylation sites is 1. The zero-order chi connectivity index (χ0) is 28.4. The van der Waals surface area contributed by atoms with Gasteiger partial charge in [-0.05, 0) is 73.0 Å². The fraction of sp³-hybridized carbons (Fsp3) is 0.400. The molecule has 2 aromatic carbocycles. The van der Waals surface area contributed by atoms with Gasteiger partial charge < -0.3 is 29.3 Å². The number of aryl methyl sites for hydroxylation is 3. The van der Waals surface area contributed by atoms with Gasteiger partial charge in [-0.15, -0.1) is 11.3 Å². The molecule has 39 heavy (non-hydrogen) atoms. The number of benzene rings is 2. The molecule has 0 bridgehead atoms. The number of anilines is 1. The van der Waals surface area contributed by atoms with E-state index < -0.39 is 0 Å². The van der Waals surface area contributed by atoms with E-state index in [1.54, 1.807) is 32.7 Å². The lowest BCUT2D eigenvalue weighted by Crippen LogP contribution is -2.46. The fourth-order valence-electron chi connectivity index (χ4n) is 4.25. The summed E-state index contributed by atoms with van der Waals surface area (Å²) in [6, 6.07) is 13.4. The molecule has 0 spiro atoms. The Balaban J connectivity index is 1.79. The summed E-state index contributed by atoms with van der Waals surface area (Å²) in [5.41, 5.74) is 4.86. The van der Waals surface area contributed by atoms with Crippen molar-refractivity contribution in [3.05, 3.63) is 75.0 Å². The quantitative estimate of drug-likeness (QED) is 0.305. The Morgan fingerprint density at radius 3 is 2.21 bits per heavy atom. The molecule has 3 rings (SSSR count). The van der Waals surface area contributed by atoms with Crippen molar-refractivity contribution >= 4 is 29.0 Å². The Hall–Kier alpha value is -3.56. The Morgan fingerprint density at radius 2 is 1.59 bits per heavy atom. The molecule has 3 amide bonds. The van der Waals surface area contributed by atoms with Crippen LogP contribution in [0.4, 0.5) is 10.5 Å². The molecule has 0 radical (unpaired) electrons. The highest BCUT2D eigenvalue weighted by Crippen LogP contribution is 2.28. The van der Waals surface area contributed by atoms with E-state index in [1.807, 2.05) is 67.4 Å². The summed E-state index contributed by atoms with van der Waals surface area (Å²) in [7, 11) is 4.79. The summed E-state index contributed by atoms with van der Waals surface area (Å²) in [5, 5.41) is 5.04. The van der Waals surface area contributed by atoms with E-state index in [4.69, 9.17) is 14.2 Å². The van der Waals surface area contributed by atoms with Crippen LogP contribution in [-0.4, -0.2) is 69.3 Å². The van der Waals surface area contributed by atoms with Crippen molar-refractivity contribution in [2.45, 2.75) is 33.7 Å². The number of rotatable bonds is 13. The Labute approximate surface area is 235 Å². The first-order valence-electron chi connectivity index (χ1n) is 12.9. The van der Waals surface area contributed by atoms with Crippen LogP contribution in [0.5, 0.6) is 11.5 Å². The number of carbonyl (C=O) groups excluding carboxylic acids is 2. The van der Waals surface area contributed by atoms with E-state index in [0.29, 0.717) is 44.2 Å². The minimum atomic E-state index is -0.329. The van der Waals surface area contributed by atoms with Gasteiger partial charge in [0.05, 0.1) is 27.4 Å². The highest BCUT2D eigenvalue weighted by Gasteiger charge is 2.23. The molecule has 0 unspecified atom stereocenters. The predicted octanol–water partition coefficient (Wildman–Crippen LogP) is 5.44. The smallest absolute Gasteiger partial charge is 0.322 e. The molecule has 3 aromatic rings. The maximum Gasteiger partial charge on any atom is 0.322 e. The molecule has 0 atom stereocenters. The molecule has 0 fully saturated rings. The number of hydrogen-bond donors (Lipinski definition) is 1. The van der Waals surface area contributed by atoms with Gasteiger partial charge in [-0.2, -0.15) is 0 Å². The normalized spacial score (nSPS) is 10.7. The molecule has 0 aliphatic rings. The maximum atomic E-state index is 13.7.